The zero-order valence-corrected chi connectivity index (χ0v) is 26.7. The first-order valence-corrected chi connectivity index (χ1v) is 15.7. The van der Waals surface area contributed by atoms with Crippen LogP contribution >= 0.6 is 11.3 Å². The van der Waals surface area contributed by atoms with Gasteiger partial charge in [0, 0.05) is 17.3 Å². The van der Waals surface area contributed by atoms with E-state index in [4.69, 9.17) is 19.3 Å². The molecule has 0 N–H and O–H groups in total. The molecule has 0 unspecified atom stereocenters. The third kappa shape index (κ3) is 6.47. The van der Waals surface area contributed by atoms with Crippen LogP contribution in [0.25, 0.3) is 40.1 Å². The molecular weight excluding hydrogens is 598 g/mol. The van der Waals surface area contributed by atoms with E-state index in [-0.39, 0.29) is 5.56 Å². The summed E-state index contributed by atoms with van der Waals surface area (Å²) in [6, 6.07) is 21.5. The molecule has 232 valence electrons. The highest BCUT2D eigenvalue weighted by Gasteiger charge is 2.16. The van der Waals surface area contributed by atoms with Crippen molar-refractivity contribution in [2.45, 2.75) is 20.3 Å². The lowest BCUT2D eigenvalue weighted by Crippen LogP contribution is -2.23. The quantitative estimate of drug-likeness (QED) is 0.145. The summed E-state index contributed by atoms with van der Waals surface area (Å²) in [5.74, 6) is 2.54. The number of methoxy groups -OCH3 is 1. The first-order valence-electron chi connectivity index (χ1n) is 14.9. The van der Waals surface area contributed by atoms with Gasteiger partial charge in [-0.2, -0.15) is 14.6 Å². The Morgan fingerprint density at radius 2 is 1.83 bits per heavy atom. The highest BCUT2D eigenvalue weighted by molar-refractivity contribution is 7.15. The van der Waals surface area contributed by atoms with Gasteiger partial charge in [-0.15, -0.1) is 5.10 Å². The van der Waals surface area contributed by atoms with Gasteiger partial charge in [0.2, 0.25) is 4.96 Å². The molecule has 0 atom stereocenters. The van der Waals surface area contributed by atoms with Gasteiger partial charge < -0.3 is 14.2 Å². The SMILES string of the molecule is C=CCOc1ccc(-c2nn(-c3ccccc3)cc2/C=c2\sc3nc(/C=C/c4ccc(OCCC)c(OC)c4)nn3c2=O)c(C)c1. The zero-order chi connectivity index (χ0) is 32.0. The first-order chi connectivity index (χ1) is 22.5. The van der Waals surface area contributed by atoms with Crippen LogP contribution in [0.15, 0.2) is 90.4 Å². The summed E-state index contributed by atoms with van der Waals surface area (Å²) in [5.41, 5.74) is 5.05. The van der Waals surface area contributed by atoms with E-state index in [2.05, 4.69) is 23.6 Å². The molecule has 0 amide bonds. The van der Waals surface area contributed by atoms with Crippen LogP contribution in [0.2, 0.25) is 0 Å². The van der Waals surface area contributed by atoms with E-state index in [1.165, 1.54) is 15.9 Å². The molecule has 6 rings (SSSR count). The second-order valence-corrected chi connectivity index (χ2v) is 11.5. The highest BCUT2D eigenvalue weighted by atomic mass is 32.1. The number of fused-ring (bicyclic) bond motifs is 1. The van der Waals surface area contributed by atoms with Gasteiger partial charge >= 0.3 is 0 Å². The van der Waals surface area contributed by atoms with Crippen molar-refractivity contribution in [2.75, 3.05) is 20.3 Å². The Balaban J connectivity index is 1.34. The monoisotopic (exact) mass is 631 g/mol. The fraction of sp³-hybridized carbons (Fsp3) is 0.167. The molecular formula is C36H33N5O4S. The predicted molar refractivity (Wildman–Crippen MR) is 183 cm³/mol. The molecule has 0 aliphatic rings. The number of benzene rings is 3. The largest absolute Gasteiger partial charge is 0.493 e. The van der Waals surface area contributed by atoms with E-state index in [1.807, 2.05) is 96.7 Å². The molecule has 0 saturated carbocycles. The maximum atomic E-state index is 13.5. The van der Waals surface area contributed by atoms with Gasteiger partial charge in [-0.1, -0.05) is 61.3 Å². The maximum absolute atomic E-state index is 13.5. The Kier molecular flexibility index (Phi) is 9.07. The van der Waals surface area contributed by atoms with E-state index in [1.54, 1.807) is 19.3 Å². The smallest absolute Gasteiger partial charge is 0.291 e. The van der Waals surface area contributed by atoms with Crippen molar-refractivity contribution >= 4 is 34.5 Å². The average molecular weight is 632 g/mol. The standard InChI is InChI=1S/C36H33N5O4S/c1-5-18-44-28-14-15-29(24(3)20-28)34-26(23-40(39-34)27-10-8-7-9-11-27)22-32-35(42)41-36(46-32)37-33(38-41)17-13-25-12-16-30(45-19-6-2)31(21-25)43-4/h5,7-17,20-23H,1,6,18-19H2,2-4H3/b17-13+,32-22-. The Hall–Kier alpha value is -5.48. The number of aromatic nitrogens is 5. The van der Waals surface area contributed by atoms with Gasteiger partial charge in [0.25, 0.3) is 5.56 Å². The van der Waals surface area contributed by atoms with Crippen LogP contribution in [0, 0.1) is 6.92 Å². The number of para-hydroxylation sites is 1. The van der Waals surface area contributed by atoms with Crippen molar-refractivity contribution < 1.29 is 14.2 Å². The van der Waals surface area contributed by atoms with Gasteiger partial charge in [-0.05, 0) is 79.1 Å². The summed E-state index contributed by atoms with van der Waals surface area (Å²) >= 11 is 1.29. The summed E-state index contributed by atoms with van der Waals surface area (Å²) in [4.78, 5) is 18.6. The molecule has 0 radical (unpaired) electrons. The van der Waals surface area contributed by atoms with Crippen molar-refractivity contribution in [2.24, 2.45) is 0 Å². The number of rotatable bonds is 12. The Bertz CT molecular complexity index is 2150. The van der Waals surface area contributed by atoms with Gasteiger partial charge in [0.1, 0.15) is 18.1 Å². The van der Waals surface area contributed by atoms with E-state index in [0.29, 0.717) is 40.0 Å². The van der Waals surface area contributed by atoms with Crippen molar-refractivity contribution in [3.05, 3.63) is 123 Å². The van der Waals surface area contributed by atoms with Gasteiger partial charge in [0.05, 0.1) is 23.9 Å². The second-order valence-electron chi connectivity index (χ2n) is 10.5. The van der Waals surface area contributed by atoms with E-state index >= 15 is 0 Å². The van der Waals surface area contributed by atoms with Crippen LogP contribution in [-0.4, -0.2) is 44.7 Å². The Morgan fingerprint density at radius 1 is 0.978 bits per heavy atom. The van der Waals surface area contributed by atoms with Gasteiger partial charge in [0.15, 0.2) is 17.3 Å². The number of aryl methyl sites for hydroxylation is 1. The van der Waals surface area contributed by atoms with E-state index in [0.717, 1.165) is 45.8 Å². The van der Waals surface area contributed by atoms with Crippen molar-refractivity contribution in [3.8, 4) is 34.2 Å². The predicted octanol–water partition coefficient (Wildman–Crippen LogP) is 6.39. The minimum absolute atomic E-state index is 0.241. The van der Waals surface area contributed by atoms with Crippen LogP contribution in [0.5, 0.6) is 17.2 Å². The van der Waals surface area contributed by atoms with Crippen LogP contribution in [0.3, 0.4) is 0 Å². The second kappa shape index (κ2) is 13.7. The number of thiazole rings is 1. The molecule has 0 fully saturated rings. The van der Waals surface area contributed by atoms with Crippen molar-refractivity contribution in [3.63, 3.8) is 0 Å². The Morgan fingerprint density at radius 3 is 2.57 bits per heavy atom. The zero-order valence-electron chi connectivity index (χ0n) is 25.8. The Labute approximate surface area is 270 Å². The highest BCUT2D eigenvalue weighted by Crippen LogP contribution is 2.31. The summed E-state index contributed by atoms with van der Waals surface area (Å²) in [6.07, 6.45) is 10.1. The number of hydrogen-bond donors (Lipinski definition) is 0. The lowest BCUT2D eigenvalue weighted by Gasteiger charge is -2.10. The number of ether oxygens (including phenoxy) is 3. The fourth-order valence-electron chi connectivity index (χ4n) is 4.91. The molecule has 10 heteroatoms. The molecule has 3 aromatic heterocycles. The molecule has 0 aliphatic carbocycles. The van der Waals surface area contributed by atoms with Crippen molar-refractivity contribution in [1.82, 2.24) is 24.4 Å². The summed E-state index contributed by atoms with van der Waals surface area (Å²) < 4.78 is 20.6. The van der Waals surface area contributed by atoms with Crippen molar-refractivity contribution in [1.29, 1.82) is 0 Å². The van der Waals surface area contributed by atoms with E-state index in [9.17, 15) is 4.79 Å². The van der Waals surface area contributed by atoms with Crippen LogP contribution in [0.4, 0.5) is 0 Å². The maximum Gasteiger partial charge on any atom is 0.291 e. The lowest BCUT2D eigenvalue weighted by molar-refractivity contribution is 0.294. The third-order valence-corrected chi connectivity index (χ3v) is 8.10. The molecule has 0 bridgehead atoms. The first kappa shape index (κ1) is 30.5. The van der Waals surface area contributed by atoms with Crippen LogP contribution in [-0.2, 0) is 0 Å². The van der Waals surface area contributed by atoms with Gasteiger partial charge in [-0.3, -0.25) is 4.79 Å². The van der Waals surface area contributed by atoms with Crippen LogP contribution in [0.1, 0.15) is 35.9 Å². The normalized spacial score (nSPS) is 11.8. The summed E-state index contributed by atoms with van der Waals surface area (Å²) in [7, 11) is 1.62. The minimum atomic E-state index is -0.241. The third-order valence-electron chi connectivity index (χ3n) is 7.14. The number of hydrogen-bond acceptors (Lipinski definition) is 8. The molecule has 46 heavy (non-hydrogen) atoms. The summed E-state index contributed by atoms with van der Waals surface area (Å²) in [6.45, 7) is 8.84. The molecule has 0 saturated heterocycles. The molecule has 6 aromatic rings. The molecule has 9 nitrogen and oxygen atoms in total. The number of nitrogens with zero attached hydrogens (tertiary/aromatic N) is 5. The van der Waals surface area contributed by atoms with Crippen LogP contribution < -0.4 is 24.3 Å². The lowest BCUT2D eigenvalue weighted by atomic mass is 10.0. The topological polar surface area (TPSA) is 92.8 Å². The molecule has 0 spiro atoms. The summed E-state index contributed by atoms with van der Waals surface area (Å²) in [5, 5.41) is 9.41. The molecule has 0 aliphatic heterocycles. The average Bonchev–Trinajstić information content (AvgIpc) is 3.76. The molecule has 3 heterocycles. The minimum Gasteiger partial charge on any atom is -0.493 e. The van der Waals surface area contributed by atoms with E-state index < -0.39 is 0 Å². The fourth-order valence-corrected chi connectivity index (χ4v) is 5.82. The van der Waals surface area contributed by atoms with Gasteiger partial charge in [-0.25, -0.2) is 4.68 Å². The molecule has 3 aromatic carbocycles.